The third-order valence-corrected chi connectivity index (χ3v) is 4.94. The second-order valence-electron chi connectivity index (χ2n) is 7.01. The zero-order chi connectivity index (χ0) is 21.6. The highest BCUT2D eigenvalue weighted by molar-refractivity contribution is 5.81. The number of aromatic amines is 1. The van der Waals surface area contributed by atoms with Gasteiger partial charge in [0.05, 0.1) is 10.9 Å². The van der Waals surface area contributed by atoms with Crippen LogP contribution in [-0.4, -0.2) is 15.5 Å². The summed E-state index contributed by atoms with van der Waals surface area (Å²) >= 11 is 0. The molecule has 7 heteroatoms. The molecular weight excluding hydrogens is 394 g/mol. The molecule has 0 aliphatic rings. The number of ether oxygens (including phenoxy) is 1. The van der Waals surface area contributed by atoms with Crippen LogP contribution in [0.4, 0.5) is 0 Å². The Morgan fingerprint density at radius 1 is 0.871 bits per heavy atom. The molecule has 0 aliphatic heterocycles. The first-order valence-electron chi connectivity index (χ1n) is 9.85. The Hall–Kier alpha value is -4.13. The molecule has 0 fully saturated rings. The largest absolute Gasteiger partial charge is 0.489 e. The van der Waals surface area contributed by atoms with E-state index in [0.717, 1.165) is 16.9 Å². The van der Waals surface area contributed by atoms with E-state index in [0.29, 0.717) is 24.1 Å². The fourth-order valence-corrected chi connectivity index (χ4v) is 3.34. The minimum Gasteiger partial charge on any atom is -0.489 e. The lowest BCUT2D eigenvalue weighted by Gasteiger charge is -2.13. The van der Waals surface area contributed by atoms with Gasteiger partial charge >= 0.3 is 5.69 Å². The Morgan fingerprint density at radius 3 is 2.35 bits per heavy atom. The molecule has 1 amide bonds. The number of rotatable bonds is 7. The summed E-state index contributed by atoms with van der Waals surface area (Å²) in [4.78, 5) is 39.0. The molecule has 4 aromatic rings. The number of benzene rings is 3. The Balaban J connectivity index is 1.45. The maximum atomic E-state index is 12.6. The van der Waals surface area contributed by atoms with Gasteiger partial charge in [0.2, 0.25) is 5.91 Å². The van der Waals surface area contributed by atoms with E-state index in [4.69, 9.17) is 4.74 Å². The minimum absolute atomic E-state index is 0.196. The van der Waals surface area contributed by atoms with Crippen LogP contribution in [0.15, 0.2) is 88.5 Å². The van der Waals surface area contributed by atoms with Gasteiger partial charge in [-0.15, -0.1) is 0 Å². The Morgan fingerprint density at radius 2 is 1.55 bits per heavy atom. The highest BCUT2D eigenvalue weighted by atomic mass is 16.5. The third-order valence-electron chi connectivity index (χ3n) is 4.94. The first kappa shape index (κ1) is 20.2. The van der Waals surface area contributed by atoms with E-state index in [-0.39, 0.29) is 12.5 Å². The molecule has 0 bridgehead atoms. The van der Waals surface area contributed by atoms with Gasteiger partial charge in [0.1, 0.15) is 18.9 Å². The van der Waals surface area contributed by atoms with Crippen molar-refractivity contribution in [3.63, 3.8) is 0 Å². The average molecular weight is 415 g/mol. The van der Waals surface area contributed by atoms with Gasteiger partial charge in [0.25, 0.3) is 5.56 Å². The lowest BCUT2D eigenvalue weighted by molar-refractivity contribution is -0.121. The van der Waals surface area contributed by atoms with E-state index in [1.807, 2.05) is 54.6 Å². The van der Waals surface area contributed by atoms with Crippen molar-refractivity contribution < 1.29 is 9.53 Å². The molecule has 156 valence electrons. The maximum absolute atomic E-state index is 12.6. The number of hydrogen-bond donors (Lipinski definition) is 2. The predicted octanol–water partition coefficient (Wildman–Crippen LogP) is 2.59. The van der Waals surface area contributed by atoms with Gasteiger partial charge in [0.15, 0.2) is 0 Å². The molecule has 0 saturated carbocycles. The average Bonchev–Trinajstić information content (AvgIpc) is 2.80. The molecule has 1 aromatic heterocycles. The maximum Gasteiger partial charge on any atom is 0.329 e. The van der Waals surface area contributed by atoms with E-state index >= 15 is 0 Å². The van der Waals surface area contributed by atoms with Crippen LogP contribution in [0.2, 0.25) is 0 Å². The van der Waals surface area contributed by atoms with Gasteiger partial charge in [-0.05, 0) is 35.4 Å². The lowest BCUT2D eigenvalue weighted by Crippen LogP contribution is -2.36. The number of fused-ring (bicyclic) bond motifs is 1. The van der Waals surface area contributed by atoms with E-state index < -0.39 is 11.2 Å². The first-order valence-corrected chi connectivity index (χ1v) is 9.85. The summed E-state index contributed by atoms with van der Waals surface area (Å²) in [6.07, 6.45) is 0. The van der Waals surface area contributed by atoms with Crippen molar-refractivity contribution in [3.05, 3.63) is 111 Å². The molecule has 0 unspecified atom stereocenters. The second-order valence-corrected chi connectivity index (χ2v) is 7.01. The number of para-hydroxylation sites is 2. The SMILES string of the molecule is O=C(Cn1c(=O)[nH]c(=O)c2ccccc21)NCc1ccccc1COc1ccccc1. The number of nitrogens with zero attached hydrogens (tertiary/aromatic N) is 1. The zero-order valence-electron chi connectivity index (χ0n) is 16.7. The Bertz CT molecular complexity index is 1330. The van der Waals surface area contributed by atoms with Crippen LogP contribution >= 0.6 is 0 Å². The van der Waals surface area contributed by atoms with Crippen LogP contribution < -0.4 is 21.3 Å². The van der Waals surface area contributed by atoms with E-state index in [9.17, 15) is 14.4 Å². The highest BCUT2D eigenvalue weighted by Gasteiger charge is 2.11. The summed E-state index contributed by atoms with van der Waals surface area (Å²) in [5, 5.41) is 3.21. The Kier molecular flexibility index (Phi) is 5.93. The number of carbonyl (C=O) groups excluding carboxylic acids is 1. The van der Waals surface area contributed by atoms with Crippen LogP contribution in [0.25, 0.3) is 10.9 Å². The molecule has 0 aliphatic carbocycles. The van der Waals surface area contributed by atoms with Crippen molar-refractivity contribution in [2.75, 3.05) is 0 Å². The molecule has 31 heavy (non-hydrogen) atoms. The number of hydrogen-bond acceptors (Lipinski definition) is 4. The highest BCUT2D eigenvalue weighted by Crippen LogP contribution is 2.15. The molecule has 0 atom stereocenters. The number of H-pyrrole nitrogens is 1. The van der Waals surface area contributed by atoms with Gasteiger partial charge < -0.3 is 10.1 Å². The van der Waals surface area contributed by atoms with Crippen LogP contribution in [0.5, 0.6) is 5.75 Å². The first-order chi connectivity index (χ1) is 15.1. The number of aromatic nitrogens is 2. The standard InChI is InChI=1S/C24H21N3O4/c28-22(15-27-21-13-7-6-12-20(21)23(29)26-24(27)30)25-14-17-8-4-5-9-18(17)16-31-19-10-2-1-3-11-19/h1-13H,14-16H2,(H,25,28)(H,26,29,30). The molecule has 0 spiro atoms. The molecular formula is C24H21N3O4. The molecule has 3 aromatic carbocycles. The van der Waals surface area contributed by atoms with Crippen molar-refractivity contribution in [2.45, 2.75) is 19.7 Å². The number of amides is 1. The van der Waals surface area contributed by atoms with E-state index in [2.05, 4.69) is 10.3 Å². The molecule has 0 radical (unpaired) electrons. The van der Waals surface area contributed by atoms with Gasteiger partial charge in [0, 0.05) is 6.54 Å². The fourth-order valence-electron chi connectivity index (χ4n) is 3.34. The van der Waals surface area contributed by atoms with Gasteiger partial charge in [-0.3, -0.25) is 19.1 Å². The molecule has 7 nitrogen and oxygen atoms in total. The summed E-state index contributed by atoms with van der Waals surface area (Å²) in [6.45, 7) is 0.474. The monoisotopic (exact) mass is 415 g/mol. The fraction of sp³-hybridized carbons (Fsp3) is 0.125. The van der Waals surface area contributed by atoms with Crippen molar-refractivity contribution in [2.24, 2.45) is 0 Å². The summed E-state index contributed by atoms with van der Waals surface area (Å²) in [5.74, 6) is 0.434. The van der Waals surface area contributed by atoms with Crippen molar-refractivity contribution in [3.8, 4) is 5.75 Å². The summed E-state index contributed by atoms with van der Waals surface area (Å²) < 4.78 is 7.08. The van der Waals surface area contributed by atoms with Gasteiger partial charge in [-0.25, -0.2) is 4.79 Å². The van der Waals surface area contributed by atoms with Gasteiger partial charge in [-0.2, -0.15) is 0 Å². The predicted molar refractivity (Wildman–Crippen MR) is 118 cm³/mol. The molecule has 2 N–H and O–H groups in total. The van der Waals surface area contributed by atoms with E-state index in [1.165, 1.54) is 4.57 Å². The zero-order valence-corrected chi connectivity index (χ0v) is 16.7. The van der Waals surface area contributed by atoms with Crippen molar-refractivity contribution >= 4 is 16.8 Å². The number of carbonyl (C=O) groups is 1. The quantitative estimate of drug-likeness (QED) is 0.485. The lowest BCUT2D eigenvalue weighted by atomic mass is 10.1. The molecule has 0 saturated heterocycles. The summed E-state index contributed by atoms with van der Waals surface area (Å²) in [6, 6.07) is 23.9. The van der Waals surface area contributed by atoms with Crippen LogP contribution in [-0.2, 0) is 24.5 Å². The second kappa shape index (κ2) is 9.13. The normalized spacial score (nSPS) is 10.7. The molecule has 4 rings (SSSR count). The van der Waals surface area contributed by atoms with Crippen molar-refractivity contribution in [1.29, 1.82) is 0 Å². The smallest absolute Gasteiger partial charge is 0.329 e. The van der Waals surface area contributed by atoms with Crippen LogP contribution in [0.1, 0.15) is 11.1 Å². The topological polar surface area (TPSA) is 93.2 Å². The Labute approximate surface area is 177 Å². The van der Waals surface area contributed by atoms with Crippen LogP contribution in [0, 0.1) is 0 Å². The van der Waals surface area contributed by atoms with Gasteiger partial charge in [-0.1, -0.05) is 54.6 Å². The van der Waals surface area contributed by atoms with Crippen molar-refractivity contribution in [1.82, 2.24) is 14.9 Å². The number of nitrogens with one attached hydrogen (secondary N) is 2. The van der Waals surface area contributed by atoms with Crippen LogP contribution in [0.3, 0.4) is 0 Å². The minimum atomic E-state index is -0.615. The van der Waals surface area contributed by atoms with E-state index in [1.54, 1.807) is 24.3 Å². The summed E-state index contributed by atoms with van der Waals surface area (Å²) in [7, 11) is 0. The third kappa shape index (κ3) is 4.72. The molecule has 1 heterocycles. The summed E-state index contributed by atoms with van der Waals surface area (Å²) in [5.41, 5.74) is 1.21.